The molecular formula is C26H25N3O6. The van der Waals surface area contributed by atoms with Gasteiger partial charge in [0.15, 0.2) is 0 Å². The summed E-state index contributed by atoms with van der Waals surface area (Å²) in [5.41, 5.74) is 7.92. The summed E-state index contributed by atoms with van der Waals surface area (Å²) in [6.45, 7) is 0.572. The van der Waals surface area contributed by atoms with E-state index in [4.69, 9.17) is 24.7 Å². The maximum absolute atomic E-state index is 12.4. The zero-order valence-corrected chi connectivity index (χ0v) is 18.8. The number of amides is 2. The minimum absolute atomic E-state index is 0.0842. The maximum Gasteiger partial charge on any atom is 0.255 e. The van der Waals surface area contributed by atoms with Crippen molar-refractivity contribution in [3.05, 3.63) is 78.4 Å². The number of nitrogens with two attached hydrogens (primary N) is 1. The molecule has 9 heteroatoms. The molecule has 9 nitrogen and oxygen atoms in total. The molecule has 0 unspecified atom stereocenters. The third kappa shape index (κ3) is 5.90. The van der Waals surface area contributed by atoms with E-state index in [0.29, 0.717) is 46.3 Å². The van der Waals surface area contributed by atoms with Crippen LogP contribution in [-0.4, -0.2) is 43.8 Å². The van der Waals surface area contributed by atoms with E-state index in [-0.39, 0.29) is 32.3 Å². The Hall–Kier alpha value is -4.50. The topological polar surface area (TPSA) is 127 Å². The number of para-hydroxylation sites is 2. The lowest BCUT2D eigenvalue weighted by Gasteiger charge is -2.14. The van der Waals surface area contributed by atoms with Crippen molar-refractivity contribution < 1.29 is 28.6 Å². The monoisotopic (exact) mass is 475 g/mol. The van der Waals surface area contributed by atoms with E-state index in [9.17, 15) is 9.59 Å². The quantitative estimate of drug-likeness (QED) is 0.223. The molecule has 4 rings (SSSR count). The van der Waals surface area contributed by atoms with Crippen LogP contribution >= 0.6 is 0 Å². The van der Waals surface area contributed by atoms with Gasteiger partial charge in [0, 0.05) is 23.1 Å². The second kappa shape index (κ2) is 11.1. The molecule has 1 aromatic heterocycles. The fraction of sp³-hybridized carbons (Fsp3) is 0.154. The summed E-state index contributed by atoms with van der Waals surface area (Å²) < 4.78 is 16.9. The van der Waals surface area contributed by atoms with Crippen LogP contribution in [0.2, 0.25) is 0 Å². The minimum Gasteiger partial charge on any atom is -0.492 e. The molecular weight excluding hydrogens is 450 g/mol. The van der Waals surface area contributed by atoms with Crippen LogP contribution in [0.3, 0.4) is 0 Å². The van der Waals surface area contributed by atoms with Crippen molar-refractivity contribution >= 4 is 40.5 Å². The number of hydrogen-bond acceptors (Lipinski definition) is 7. The molecule has 1 heterocycles. The molecule has 0 saturated carbocycles. The van der Waals surface area contributed by atoms with Gasteiger partial charge < -0.3 is 30.0 Å². The molecule has 0 radical (unpaired) electrons. The number of nitrogens with zero attached hydrogens (tertiary/aromatic N) is 1. The van der Waals surface area contributed by atoms with E-state index < -0.39 is 0 Å². The van der Waals surface area contributed by atoms with Crippen molar-refractivity contribution in [2.24, 2.45) is 0 Å². The van der Waals surface area contributed by atoms with E-state index >= 15 is 0 Å². The number of carbonyl (C=O) groups excluding carboxylic acids is 2. The molecule has 0 saturated heterocycles. The van der Waals surface area contributed by atoms with Crippen molar-refractivity contribution in [3.8, 4) is 11.5 Å². The summed E-state index contributed by atoms with van der Waals surface area (Å²) in [6.07, 6.45) is 0.674. The van der Waals surface area contributed by atoms with Gasteiger partial charge in [0.2, 0.25) is 12.3 Å². The van der Waals surface area contributed by atoms with Gasteiger partial charge in [-0.2, -0.15) is 0 Å². The van der Waals surface area contributed by atoms with Gasteiger partial charge in [-0.25, -0.2) is 0 Å². The van der Waals surface area contributed by atoms with Crippen LogP contribution in [0.25, 0.3) is 11.0 Å². The lowest BCUT2D eigenvalue weighted by atomic mass is 10.2. The normalized spacial score (nSPS) is 10.7. The van der Waals surface area contributed by atoms with Crippen molar-refractivity contribution in [3.63, 3.8) is 0 Å². The zero-order chi connectivity index (χ0) is 24.6. The molecule has 0 aliphatic heterocycles. The maximum atomic E-state index is 12.4. The molecule has 2 amide bonds. The second-order valence-electron chi connectivity index (χ2n) is 7.57. The number of anilines is 3. The Balaban J connectivity index is 1.32. The first-order chi connectivity index (χ1) is 17.1. The largest absolute Gasteiger partial charge is 0.492 e. The number of fused-ring (bicyclic) bond motifs is 1. The summed E-state index contributed by atoms with van der Waals surface area (Å²) >= 11 is 0. The third-order valence-electron chi connectivity index (χ3n) is 5.18. The van der Waals surface area contributed by atoms with Gasteiger partial charge in [-0.3, -0.25) is 14.5 Å². The van der Waals surface area contributed by atoms with E-state index in [1.165, 1.54) is 4.90 Å². The van der Waals surface area contributed by atoms with Crippen LogP contribution in [0.4, 0.5) is 17.3 Å². The van der Waals surface area contributed by atoms with E-state index in [1.807, 2.05) is 6.07 Å². The Morgan fingerprint density at radius 2 is 1.74 bits per heavy atom. The van der Waals surface area contributed by atoms with Gasteiger partial charge in [-0.05, 0) is 48.5 Å². The summed E-state index contributed by atoms with van der Waals surface area (Å²) in [7, 11) is 0. The number of nitrogens with one attached hydrogen (secondary N) is 1. The fourth-order valence-electron chi connectivity index (χ4n) is 3.38. The highest BCUT2D eigenvalue weighted by atomic mass is 16.5. The lowest BCUT2D eigenvalue weighted by Crippen LogP contribution is -2.26. The Bertz CT molecular complexity index is 1300. The Morgan fingerprint density at radius 1 is 1.00 bits per heavy atom. The van der Waals surface area contributed by atoms with Crippen molar-refractivity contribution in [1.82, 2.24) is 0 Å². The van der Waals surface area contributed by atoms with Gasteiger partial charge in [-0.15, -0.1) is 0 Å². The number of ether oxygens (including phenoxy) is 2. The SMILES string of the molecule is Nc1ccccc1NC(=O)c1ccc(OCCN(C=O)c2cc3ccc(OCCO)cc3o2)cc1. The van der Waals surface area contributed by atoms with Gasteiger partial charge in [-0.1, -0.05) is 12.1 Å². The number of benzene rings is 3. The first kappa shape index (κ1) is 23.7. The first-order valence-corrected chi connectivity index (χ1v) is 11.0. The van der Waals surface area contributed by atoms with Crippen molar-refractivity contribution in [2.75, 3.05) is 42.3 Å². The standard InChI is InChI=1S/C26H25N3O6/c27-22-3-1-2-4-23(22)28-26(32)18-5-8-20(9-6-18)33-13-11-29(17-31)25-15-19-7-10-21(34-14-12-30)16-24(19)35-25/h1-10,15-17,30H,11-14,27H2,(H,28,32). The summed E-state index contributed by atoms with van der Waals surface area (Å²) in [6, 6.07) is 20.7. The van der Waals surface area contributed by atoms with E-state index in [1.54, 1.807) is 66.7 Å². The zero-order valence-electron chi connectivity index (χ0n) is 18.8. The fourth-order valence-corrected chi connectivity index (χ4v) is 3.38. The molecule has 0 spiro atoms. The number of aliphatic hydroxyl groups is 1. The van der Waals surface area contributed by atoms with Crippen LogP contribution in [0, 0.1) is 0 Å². The molecule has 4 N–H and O–H groups in total. The lowest BCUT2D eigenvalue weighted by molar-refractivity contribution is -0.107. The first-order valence-electron chi connectivity index (χ1n) is 11.0. The second-order valence-corrected chi connectivity index (χ2v) is 7.57. The van der Waals surface area contributed by atoms with Crippen LogP contribution in [-0.2, 0) is 4.79 Å². The summed E-state index contributed by atoms with van der Waals surface area (Å²) in [5.74, 6) is 1.22. The van der Waals surface area contributed by atoms with Crippen LogP contribution in [0.1, 0.15) is 10.4 Å². The molecule has 0 bridgehead atoms. The Morgan fingerprint density at radius 3 is 2.49 bits per heavy atom. The molecule has 3 aromatic carbocycles. The molecule has 0 fully saturated rings. The number of aliphatic hydroxyl groups excluding tert-OH is 1. The smallest absolute Gasteiger partial charge is 0.255 e. The van der Waals surface area contributed by atoms with Gasteiger partial charge >= 0.3 is 0 Å². The summed E-state index contributed by atoms with van der Waals surface area (Å²) in [4.78, 5) is 25.5. The average Bonchev–Trinajstić information content (AvgIpc) is 3.30. The molecule has 0 aliphatic carbocycles. The van der Waals surface area contributed by atoms with Crippen LogP contribution < -0.4 is 25.4 Å². The predicted octanol–water partition coefficient (Wildman–Crippen LogP) is 3.68. The number of furan rings is 1. The molecule has 180 valence electrons. The number of nitrogen functional groups attached to an aromatic ring is 1. The summed E-state index contributed by atoms with van der Waals surface area (Å²) in [5, 5.41) is 12.5. The molecule has 0 aliphatic rings. The third-order valence-corrected chi connectivity index (χ3v) is 5.18. The van der Waals surface area contributed by atoms with Gasteiger partial charge in [0.1, 0.15) is 30.3 Å². The Labute approximate surface area is 201 Å². The van der Waals surface area contributed by atoms with Crippen molar-refractivity contribution in [2.45, 2.75) is 0 Å². The molecule has 4 aromatic rings. The highest BCUT2D eigenvalue weighted by Gasteiger charge is 2.13. The van der Waals surface area contributed by atoms with Gasteiger partial charge in [0.25, 0.3) is 5.91 Å². The average molecular weight is 476 g/mol. The number of hydrogen-bond donors (Lipinski definition) is 3. The molecule has 35 heavy (non-hydrogen) atoms. The highest BCUT2D eigenvalue weighted by molar-refractivity contribution is 6.05. The predicted molar refractivity (Wildman–Crippen MR) is 133 cm³/mol. The minimum atomic E-state index is -0.281. The van der Waals surface area contributed by atoms with Crippen LogP contribution in [0.5, 0.6) is 11.5 Å². The van der Waals surface area contributed by atoms with E-state index in [2.05, 4.69) is 5.32 Å². The number of rotatable bonds is 11. The van der Waals surface area contributed by atoms with Gasteiger partial charge in [0.05, 0.1) is 24.5 Å². The molecule has 0 atom stereocenters. The van der Waals surface area contributed by atoms with E-state index in [0.717, 1.165) is 5.39 Å². The number of carbonyl (C=O) groups is 2. The highest BCUT2D eigenvalue weighted by Crippen LogP contribution is 2.29. The Kier molecular flexibility index (Phi) is 7.49. The van der Waals surface area contributed by atoms with Crippen LogP contribution in [0.15, 0.2) is 77.2 Å². The van der Waals surface area contributed by atoms with Crippen molar-refractivity contribution in [1.29, 1.82) is 0 Å².